The first-order chi connectivity index (χ1) is 14.9. The standard InChI is InChI=1S/C24H24F6O2S/c1-9-13-7-12(21(4,5)6)8-14(9)18(31)19(32)15-10(2)20(33-11(15)3)17-16(13)22(25,26)24(29,30)23(17,27)28/h7-8,18-19,31-32H,1-6H3. The molecular weight excluding hydrogens is 466 g/mol. The predicted octanol–water partition coefficient (Wildman–Crippen LogP) is 6.88. The molecule has 1 aromatic heterocycles. The second-order valence-corrected chi connectivity index (χ2v) is 11.1. The quantitative estimate of drug-likeness (QED) is 0.395. The van der Waals surface area contributed by atoms with Gasteiger partial charge in [-0.25, -0.2) is 0 Å². The molecule has 1 aromatic carbocycles. The van der Waals surface area contributed by atoms with Crippen LogP contribution < -0.4 is 0 Å². The lowest BCUT2D eigenvalue weighted by Crippen LogP contribution is -2.49. The van der Waals surface area contributed by atoms with E-state index in [1.54, 1.807) is 20.8 Å². The molecule has 0 saturated carbocycles. The summed E-state index contributed by atoms with van der Waals surface area (Å²) in [5, 5.41) is 22.0. The fourth-order valence-electron chi connectivity index (χ4n) is 4.79. The third kappa shape index (κ3) is 2.94. The van der Waals surface area contributed by atoms with E-state index in [0.29, 0.717) is 16.9 Å². The summed E-state index contributed by atoms with van der Waals surface area (Å²) in [5.74, 6) is -16.0. The Labute approximate surface area is 191 Å². The summed E-state index contributed by atoms with van der Waals surface area (Å²) in [6, 6.07) is 2.73. The van der Waals surface area contributed by atoms with Crippen molar-refractivity contribution in [1.29, 1.82) is 0 Å². The van der Waals surface area contributed by atoms with Gasteiger partial charge in [0.1, 0.15) is 12.2 Å². The molecule has 180 valence electrons. The van der Waals surface area contributed by atoms with Crippen molar-refractivity contribution in [1.82, 2.24) is 0 Å². The number of alkyl halides is 6. The maximum Gasteiger partial charge on any atom is 0.380 e. The van der Waals surface area contributed by atoms with E-state index in [-0.39, 0.29) is 27.1 Å². The Hall–Kier alpha value is -1.84. The summed E-state index contributed by atoms with van der Waals surface area (Å²) in [6.07, 6.45) is -3.14. The maximum atomic E-state index is 15.3. The van der Waals surface area contributed by atoms with E-state index in [4.69, 9.17) is 0 Å². The summed E-state index contributed by atoms with van der Waals surface area (Å²) < 4.78 is 90.4. The first kappa shape index (κ1) is 24.3. The summed E-state index contributed by atoms with van der Waals surface area (Å²) in [6.45, 7) is 9.31. The van der Waals surface area contributed by atoms with Crippen molar-refractivity contribution in [2.24, 2.45) is 0 Å². The van der Waals surface area contributed by atoms with Crippen LogP contribution in [0.15, 0.2) is 12.1 Å². The van der Waals surface area contributed by atoms with Crippen LogP contribution in [-0.2, 0) is 5.41 Å². The number of rotatable bonds is 0. The van der Waals surface area contributed by atoms with Crippen LogP contribution in [0.3, 0.4) is 0 Å². The number of hydrogen-bond donors (Lipinski definition) is 2. The molecule has 0 saturated heterocycles. The third-order valence-electron chi connectivity index (χ3n) is 6.77. The molecule has 2 nitrogen and oxygen atoms in total. The van der Waals surface area contributed by atoms with Crippen LogP contribution in [-0.4, -0.2) is 28.0 Å². The largest absolute Gasteiger partial charge is 0.385 e. The smallest absolute Gasteiger partial charge is 0.380 e. The van der Waals surface area contributed by atoms with Gasteiger partial charge < -0.3 is 10.2 Å². The molecule has 2 unspecified atom stereocenters. The van der Waals surface area contributed by atoms with Crippen molar-refractivity contribution in [2.45, 2.75) is 76.9 Å². The van der Waals surface area contributed by atoms with Gasteiger partial charge in [-0.2, -0.15) is 26.3 Å². The Balaban J connectivity index is 2.29. The average Bonchev–Trinajstić information content (AvgIpc) is 3.01. The van der Waals surface area contributed by atoms with Gasteiger partial charge in [0.2, 0.25) is 0 Å². The highest BCUT2D eigenvalue weighted by molar-refractivity contribution is 7.13. The molecule has 0 fully saturated rings. The number of fused-ring (bicyclic) bond motifs is 6. The normalized spacial score (nSPS) is 25.3. The van der Waals surface area contributed by atoms with E-state index < -0.39 is 57.0 Å². The van der Waals surface area contributed by atoms with Gasteiger partial charge in [0.05, 0.1) is 5.57 Å². The predicted molar refractivity (Wildman–Crippen MR) is 115 cm³/mol. The number of hydrogen-bond acceptors (Lipinski definition) is 3. The fraction of sp³-hybridized carbons (Fsp3) is 0.500. The van der Waals surface area contributed by atoms with Gasteiger partial charge in [-0.1, -0.05) is 32.9 Å². The molecule has 33 heavy (non-hydrogen) atoms. The van der Waals surface area contributed by atoms with Crippen molar-refractivity contribution in [3.8, 4) is 0 Å². The Morgan fingerprint density at radius 1 is 0.818 bits per heavy atom. The number of aliphatic hydroxyl groups excluding tert-OH is 2. The van der Waals surface area contributed by atoms with Crippen LogP contribution in [0.5, 0.6) is 0 Å². The van der Waals surface area contributed by atoms with Gasteiger partial charge in [-0.3, -0.25) is 0 Å². The first-order valence-electron chi connectivity index (χ1n) is 10.4. The highest BCUT2D eigenvalue weighted by Gasteiger charge is 2.80. The highest BCUT2D eigenvalue weighted by Crippen LogP contribution is 2.66. The Kier molecular flexibility index (Phi) is 5.05. The summed E-state index contributed by atoms with van der Waals surface area (Å²) in [5.41, 5.74) is -3.62. The first-order valence-corrected chi connectivity index (χ1v) is 11.2. The van der Waals surface area contributed by atoms with E-state index in [1.807, 2.05) is 0 Å². The van der Waals surface area contributed by atoms with Crippen LogP contribution in [0.1, 0.15) is 76.1 Å². The van der Waals surface area contributed by atoms with E-state index >= 15 is 17.6 Å². The van der Waals surface area contributed by atoms with Crippen LogP contribution in [0.2, 0.25) is 0 Å². The second-order valence-electron chi connectivity index (χ2n) is 9.88. The summed E-state index contributed by atoms with van der Waals surface area (Å²) in [4.78, 5) is -0.159. The molecule has 2 atom stereocenters. The molecular formula is C24H24F6O2S. The summed E-state index contributed by atoms with van der Waals surface area (Å²) >= 11 is 0.638. The van der Waals surface area contributed by atoms with Gasteiger partial charge in [0, 0.05) is 20.9 Å². The lowest BCUT2D eigenvalue weighted by molar-refractivity contribution is -0.254. The van der Waals surface area contributed by atoms with E-state index in [1.165, 1.54) is 32.9 Å². The van der Waals surface area contributed by atoms with E-state index in [2.05, 4.69) is 0 Å². The van der Waals surface area contributed by atoms with Crippen LogP contribution >= 0.6 is 11.3 Å². The molecule has 4 bridgehead atoms. The van der Waals surface area contributed by atoms with Gasteiger partial charge in [-0.05, 0) is 54.0 Å². The minimum absolute atomic E-state index is 0.0245. The Bertz CT molecular complexity index is 1200. The van der Waals surface area contributed by atoms with E-state index in [0.717, 1.165) is 0 Å². The van der Waals surface area contributed by atoms with Crippen LogP contribution in [0.4, 0.5) is 26.3 Å². The number of benzene rings is 1. The molecule has 9 heteroatoms. The minimum atomic E-state index is -5.66. The van der Waals surface area contributed by atoms with Crippen molar-refractivity contribution in [3.63, 3.8) is 0 Å². The molecule has 4 rings (SSSR count). The number of aliphatic hydroxyl groups is 2. The molecule has 2 aliphatic rings. The topological polar surface area (TPSA) is 40.5 Å². The fourth-order valence-corrected chi connectivity index (χ4v) is 6.07. The molecule has 2 N–H and O–H groups in total. The molecule has 0 spiro atoms. The number of allylic oxidation sites excluding steroid dienone is 2. The maximum absolute atomic E-state index is 15.3. The molecule has 1 heterocycles. The minimum Gasteiger partial charge on any atom is -0.385 e. The lowest BCUT2D eigenvalue weighted by Gasteiger charge is -2.29. The van der Waals surface area contributed by atoms with Crippen molar-refractivity contribution < 1.29 is 36.6 Å². The Morgan fingerprint density at radius 3 is 1.91 bits per heavy atom. The van der Waals surface area contributed by atoms with Gasteiger partial charge >= 0.3 is 17.8 Å². The SMILES string of the molecule is Cc1sc2c(C)c1C(O)C(O)c1cc(C(C)(C)C)cc(c1C)C1=C2C(F)(F)C(F)(F)C1(F)F. The van der Waals surface area contributed by atoms with Crippen LogP contribution in [0, 0.1) is 20.8 Å². The summed E-state index contributed by atoms with van der Waals surface area (Å²) in [7, 11) is 0. The third-order valence-corrected chi connectivity index (χ3v) is 8.01. The Morgan fingerprint density at radius 2 is 1.36 bits per heavy atom. The molecule has 0 radical (unpaired) electrons. The number of aryl methyl sites for hydroxylation is 1. The second kappa shape index (κ2) is 6.86. The highest BCUT2D eigenvalue weighted by atomic mass is 32.1. The van der Waals surface area contributed by atoms with Gasteiger partial charge in [0.15, 0.2) is 0 Å². The van der Waals surface area contributed by atoms with E-state index in [9.17, 15) is 19.0 Å². The monoisotopic (exact) mass is 490 g/mol. The molecule has 0 amide bonds. The van der Waals surface area contributed by atoms with Gasteiger partial charge in [-0.15, -0.1) is 11.3 Å². The van der Waals surface area contributed by atoms with Crippen molar-refractivity contribution in [2.75, 3.05) is 0 Å². The zero-order valence-electron chi connectivity index (χ0n) is 18.9. The number of thiophene rings is 1. The zero-order valence-corrected chi connectivity index (χ0v) is 19.7. The molecule has 2 aromatic rings. The average molecular weight is 491 g/mol. The zero-order chi connectivity index (χ0) is 25.0. The van der Waals surface area contributed by atoms with Crippen molar-refractivity contribution >= 4 is 22.5 Å². The molecule has 2 aliphatic carbocycles. The molecule has 0 aliphatic heterocycles. The van der Waals surface area contributed by atoms with Crippen molar-refractivity contribution in [3.05, 3.63) is 55.3 Å². The van der Waals surface area contributed by atoms with Gasteiger partial charge in [0.25, 0.3) is 0 Å². The lowest BCUT2D eigenvalue weighted by atomic mass is 9.78. The van der Waals surface area contributed by atoms with Crippen LogP contribution in [0.25, 0.3) is 11.1 Å². The number of halogens is 6.